The summed E-state index contributed by atoms with van der Waals surface area (Å²) in [7, 11) is -3.50. The van der Waals surface area contributed by atoms with Gasteiger partial charge in [-0.15, -0.1) is 11.3 Å². The van der Waals surface area contributed by atoms with E-state index in [1.807, 2.05) is 12.3 Å². The van der Waals surface area contributed by atoms with E-state index in [0.717, 1.165) is 5.69 Å². The standard InChI is InChI=1S/C10H14N4O2S2/c1-2-9-11-5-10(14-9)18(15,16)13-4-3-8-6-17-7-12-8/h5-7,13H,2-4H2,1H3,(H,11,14). The monoisotopic (exact) mass is 286 g/mol. The third-order valence-corrected chi connectivity index (χ3v) is 4.39. The lowest BCUT2D eigenvalue weighted by atomic mass is 10.3. The van der Waals surface area contributed by atoms with Crippen molar-refractivity contribution in [1.29, 1.82) is 0 Å². The molecule has 2 rings (SSSR count). The molecule has 0 aromatic carbocycles. The van der Waals surface area contributed by atoms with Crippen LogP contribution in [0.4, 0.5) is 0 Å². The van der Waals surface area contributed by atoms with Crippen LogP contribution < -0.4 is 4.72 Å². The minimum absolute atomic E-state index is 0.109. The van der Waals surface area contributed by atoms with Crippen molar-refractivity contribution in [3.05, 3.63) is 28.6 Å². The molecule has 8 heteroatoms. The smallest absolute Gasteiger partial charge is 0.257 e. The van der Waals surface area contributed by atoms with Gasteiger partial charge in [-0.05, 0) is 0 Å². The molecule has 0 aliphatic carbocycles. The Morgan fingerprint density at radius 1 is 1.44 bits per heavy atom. The normalized spacial score (nSPS) is 11.8. The first-order valence-corrected chi connectivity index (χ1v) is 7.95. The van der Waals surface area contributed by atoms with Gasteiger partial charge in [-0.3, -0.25) is 0 Å². The molecule has 6 nitrogen and oxygen atoms in total. The number of aromatic nitrogens is 3. The summed E-state index contributed by atoms with van der Waals surface area (Å²) in [6.45, 7) is 2.23. The molecule has 2 aromatic rings. The summed E-state index contributed by atoms with van der Waals surface area (Å²) < 4.78 is 26.3. The highest BCUT2D eigenvalue weighted by atomic mass is 32.2. The Morgan fingerprint density at radius 3 is 2.89 bits per heavy atom. The summed E-state index contributed by atoms with van der Waals surface area (Å²) >= 11 is 1.50. The lowest BCUT2D eigenvalue weighted by Crippen LogP contribution is -2.26. The van der Waals surface area contributed by atoms with E-state index in [9.17, 15) is 8.42 Å². The van der Waals surface area contributed by atoms with E-state index in [4.69, 9.17) is 0 Å². The van der Waals surface area contributed by atoms with Crippen LogP contribution in [0.15, 0.2) is 22.1 Å². The van der Waals surface area contributed by atoms with E-state index in [0.29, 0.717) is 25.2 Å². The first-order chi connectivity index (χ1) is 8.62. The minimum atomic E-state index is -3.50. The van der Waals surface area contributed by atoms with Crippen LogP contribution in [0.3, 0.4) is 0 Å². The second-order valence-corrected chi connectivity index (χ2v) is 6.13. The summed E-state index contributed by atoms with van der Waals surface area (Å²) in [5.74, 6) is 0.662. The first kappa shape index (κ1) is 13.2. The number of aryl methyl sites for hydroxylation is 1. The lowest BCUT2D eigenvalue weighted by molar-refractivity contribution is 0.578. The van der Waals surface area contributed by atoms with Gasteiger partial charge in [0.1, 0.15) is 5.82 Å². The molecule has 0 atom stereocenters. The van der Waals surface area contributed by atoms with Gasteiger partial charge < -0.3 is 4.98 Å². The fourth-order valence-electron chi connectivity index (χ4n) is 1.41. The van der Waals surface area contributed by atoms with Crippen molar-refractivity contribution in [3.8, 4) is 0 Å². The van der Waals surface area contributed by atoms with E-state index in [1.165, 1.54) is 17.5 Å². The first-order valence-electron chi connectivity index (χ1n) is 5.52. The van der Waals surface area contributed by atoms with E-state index in [2.05, 4.69) is 19.7 Å². The molecule has 2 heterocycles. The highest BCUT2D eigenvalue weighted by Crippen LogP contribution is 2.06. The Balaban J connectivity index is 1.95. The van der Waals surface area contributed by atoms with Gasteiger partial charge in [-0.2, -0.15) is 0 Å². The number of hydrogen-bond acceptors (Lipinski definition) is 5. The zero-order valence-corrected chi connectivity index (χ0v) is 11.5. The average molecular weight is 286 g/mol. The summed E-state index contributed by atoms with van der Waals surface area (Å²) in [6.07, 6.45) is 2.59. The quantitative estimate of drug-likeness (QED) is 0.827. The molecule has 0 bridgehead atoms. The van der Waals surface area contributed by atoms with Gasteiger partial charge in [0, 0.05) is 24.8 Å². The predicted octanol–water partition coefficient (Wildman–Crippen LogP) is 0.950. The molecule has 98 valence electrons. The second-order valence-electron chi connectivity index (χ2n) is 3.68. The van der Waals surface area contributed by atoms with Crippen LogP contribution in [-0.4, -0.2) is 29.9 Å². The Labute approximate surface area is 110 Å². The molecule has 2 aromatic heterocycles. The van der Waals surface area contributed by atoms with Crippen molar-refractivity contribution in [2.45, 2.75) is 24.8 Å². The number of imidazole rings is 1. The van der Waals surface area contributed by atoms with E-state index < -0.39 is 10.0 Å². The highest BCUT2D eigenvalue weighted by molar-refractivity contribution is 7.89. The summed E-state index contributed by atoms with van der Waals surface area (Å²) in [4.78, 5) is 10.8. The number of nitrogens with one attached hydrogen (secondary N) is 2. The van der Waals surface area contributed by atoms with Gasteiger partial charge in [-0.1, -0.05) is 6.92 Å². The Bertz CT molecular complexity index is 589. The zero-order valence-electron chi connectivity index (χ0n) is 9.88. The largest absolute Gasteiger partial charge is 0.332 e. The highest BCUT2D eigenvalue weighted by Gasteiger charge is 2.16. The second kappa shape index (κ2) is 5.59. The van der Waals surface area contributed by atoms with Crippen LogP contribution >= 0.6 is 11.3 Å². The maximum atomic E-state index is 11.9. The number of rotatable bonds is 6. The fraction of sp³-hybridized carbons (Fsp3) is 0.400. The maximum absolute atomic E-state index is 11.9. The molecular weight excluding hydrogens is 272 g/mol. The van der Waals surface area contributed by atoms with Crippen molar-refractivity contribution in [2.75, 3.05) is 6.54 Å². The molecule has 0 amide bonds. The number of aromatic amines is 1. The third kappa shape index (κ3) is 3.15. The molecule has 0 unspecified atom stereocenters. The van der Waals surface area contributed by atoms with Gasteiger partial charge >= 0.3 is 0 Å². The molecule has 0 fully saturated rings. The van der Waals surface area contributed by atoms with Gasteiger partial charge in [-0.25, -0.2) is 23.1 Å². The van der Waals surface area contributed by atoms with Crippen molar-refractivity contribution in [2.24, 2.45) is 0 Å². The number of nitrogens with zero attached hydrogens (tertiary/aromatic N) is 2. The Hall–Kier alpha value is -1.25. The Morgan fingerprint density at radius 2 is 2.28 bits per heavy atom. The van der Waals surface area contributed by atoms with Crippen molar-refractivity contribution in [3.63, 3.8) is 0 Å². The van der Waals surface area contributed by atoms with Crippen molar-refractivity contribution < 1.29 is 8.42 Å². The fourth-order valence-corrected chi connectivity index (χ4v) is 2.97. The average Bonchev–Trinajstić information content (AvgIpc) is 2.99. The van der Waals surface area contributed by atoms with E-state index in [1.54, 1.807) is 5.51 Å². The zero-order chi connectivity index (χ0) is 13.0. The molecule has 0 aliphatic rings. The van der Waals surface area contributed by atoms with Crippen LogP contribution in [0.25, 0.3) is 0 Å². The van der Waals surface area contributed by atoms with E-state index >= 15 is 0 Å². The maximum Gasteiger partial charge on any atom is 0.257 e. The topological polar surface area (TPSA) is 87.7 Å². The van der Waals surface area contributed by atoms with Gasteiger partial charge in [0.15, 0.2) is 5.03 Å². The predicted molar refractivity (Wildman–Crippen MR) is 69.0 cm³/mol. The SMILES string of the molecule is CCc1ncc(S(=O)(=O)NCCc2cscn2)[nH]1. The van der Waals surface area contributed by atoms with Gasteiger partial charge in [0.25, 0.3) is 10.0 Å². The van der Waals surface area contributed by atoms with Gasteiger partial charge in [0.05, 0.1) is 17.4 Å². The molecular formula is C10H14N4O2S2. The van der Waals surface area contributed by atoms with Crippen molar-refractivity contribution >= 4 is 21.4 Å². The number of H-pyrrole nitrogens is 1. The van der Waals surface area contributed by atoms with Crippen LogP contribution in [0, 0.1) is 0 Å². The number of thiazole rings is 1. The summed E-state index contributed by atoms with van der Waals surface area (Å²) in [5, 5.41) is 2.01. The Kier molecular flexibility index (Phi) is 4.10. The lowest BCUT2D eigenvalue weighted by Gasteiger charge is -2.03. The van der Waals surface area contributed by atoms with Crippen LogP contribution in [0.5, 0.6) is 0 Å². The minimum Gasteiger partial charge on any atom is -0.332 e. The molecule has 18 heavy (non-hydrogen) atoms. The summed E-state index contributed by atoms with van der Waals surface area (Å²) in [5.41, 5.74) is 2.62. The number of sulfonamides is 1. The van der Waals surface area contributed by atoms with Crippen LogP contribution in [0.1, 0.15) is 18.4 Å². The van der Waals surface area contributed by atoms with Crippen LogP contribution in [0.2, 0.25) is 0 Å². The molecule has 2 N–H and O–H groups in total. The van der Waals surface area contributed by atoms with Gasteiger partial charge in [0.2, 0.25) is 0 Å². The molecule has 0 spiro atoms. The molecule has 0 aliphatic heterocycles. The van der Waals surface area contributed by atoms with Crippen LogP contribution in [-0.2, 0) is 22.9 Å². The van der Waals surface area contributed by atoms with Crippen molar-refractivity contribution in [1.82, 2.24) is 19.7 Å². The third-order valence-electron chi connectivity index (χ3n) is 2.39. The summed E-state index contributed by atoms with van der Waals surface area (Å²) in [6, 6.07) is 0. The molecule has 0 radical (unpaired) electrons. The molecule has 0 saturated carbocycles. The van der Waals surface area contributed by atoms with E-state index in [-0.39, 0.29) is 5.03 Å². The number of hydrogen-bond donors (Lipinski definition) is 2. The molecule has 0 saturated heterocycles.